The van der Waals surface area contributed by atoms with Crippen LogP contribution >= 0.6 is 0 Å². The summed E-state index contributed by atoms with van der Waals surface area (Å²) in [4.78, 5) is 24.8. The summed E-state index contributed by atoms with van der Waals surface area (Å²) in [7, 11) is 0. The van der Waals surface area contributed by atoms with E-state index < -0.39 is 17.4 Å². The zero-order chi connectivity index (χ0) is 21.5. The van der Waals surface area contributed by atoms with Crippen LogP contribution in [0.5, 0.6) is 0 Å². The predicted octanol–water partition coefficient (Wildman–Crippen LogP) is 6.99. The molecule has 29 heavy (non-hydrogen) atoms. The number of ether oxygens (including phenoxy) is 2. The highest BCUT2D eigenvalue weighted by Crippen LogP contribution is 2.28. The number of esters is 2. The molecule has 0 spiro atoms. The van der Waals surface area contributed by atoms with Crippen LogP contribution in [0.2, 0.25) is 0 Å². The zero-order valence-corrected chi connectivity index (χ0v) is 19.6. The van der Waals surface area contributed by atoms with Gasteiger partial charge in [-0.2, -0.15) is 0 Å². The minimum Gasteiger partial charge on any atom is -0.465 e. The first kappa shape index (κ1) is 26.0. The molecule has 0 aromatic heterocycles. The Balaban J connectivity index is 2.07. The third-order valence-electron chi connectivity index (χ3n) is 6.24. The third-order valence-corrected chi connectivity index (χ3v) is 6.24. The van der Waals surface area contributed by atoms with Crippen molar-refractivity contribution < 1.29 is 19.1 Å². The largest absolute Gasteiger partial charge is 0.465 e. The summed E-state index contributed by atoms with van der Waals surface area (Å²) in [5, 5.41) is 0. The van der Waals surface area contributed by atoms with Crippen LogP contribution in [0.1, 0.15) is 124 Å². The number of carbonyl (C=O) groups is 2. The van der Waals surface area contributed by atoms with Gasteiger partial charge in [0, 0.05) is 0 Å². The highest BCUT2D eigenvalue weighted by Gasteiger charge is 2.40. The minimum atomic E-state index is -1.22. The van der Waals surface area contributed by atoms with E-state index >= 15 is 0 Å². The highest BCUT2D eigenvalue weighted by molar-refractivity contribution is 5.99. The number of unbranched alkanes of at least 4 members (excludes halogenated alkanes) is 10. The maximum atomic E-state index is 12.5. The summed E-state index contributed by atoms with van der Waals surface area (Å²) >= 11 is 0. The lowest BCUT2D eigenvalue weighted by atomic mass is 9.88. The Morgan fingerprint density at radius 1 is 0.759 bits per heavy atom. The van der Waals surface area contributed by atoms with Crippen molar-refractivity contribution >= 4 is 11.9 Å². The molecule has 4 nitrogen and oxygen atoms in total. The van der Waals surface area contributed by atoms with Crippen LogP contribution in [0, 0.1) is 11.3 Å². The third kappa shape index (κ3) is 11.1. The molecule has 0 unspecified atom stereocenters. The molecule has 0 saturated heterocycles. The van der Waals surface area contributed by atoms with Crippen molar-refractivity contribution in [2.75, 3.05) is 6.61 Å². The molecule has 4 heteroatoms. The fourth-order valence-electron chi connectivity index (χ4n) is 3.84. The summed E-state index contributed by atoms with van der Waals surface area (Å²) in [6, 6.07) is 0. The second kappa shape index (κ2) is 14.8. The molecule has 0 aromatic rings. The van der Waals surface area contributed by atoms with Crippen LogP contribution in [0.3, 0.4) is 0 Å². The predicted molar refractivity (Wildman–Crippen MR) is 119 cm³/mol. The first-order chi connectivity index (χ1) is 13.9. The number of carbonyl (C=O) groups excluding carboxylic acids is 2. The molecule has 1 fully saturated rings. The van der Waals surface area contributed by atoms with Gasteiger partial charge in [-0.05, 0) is 51.9 Å². The van der Waals surface area contributed by atoms with Crippen LogP contribution in [-0.4, -0.2) is 24.6 Å². The lowest BCUT2D eigenvalue weighted by Crippen LogP contribution is -2.39. The standard InChI is InChI=1S/C25H46O4/c1-5-6-7-8-9-10-11-12-13-14-15-20-28-23(26)25(3,4)24(27)29-22-18-16-21(2)17-19-22/h21-22H,5-20H2,1-4H3. The topological polar surface area (TPSA) is 52.6 Å². The van der Waals surface area contributed by atoms with Gasteiger partial charge in [0.2, 0.25) is 0 Å². The van der Waals surface area contributed by atoms with Gasteiger partial charge in [-0.3, -0.25) is 9.59 Å². The monoisotopic (exact) mass is 410 g/mol. The van der Waals surface area contributed by atoms with Crippen LogP contribution in [0.15, 0.2) is 0 Å². The Labute approximate surface area is 179 Å². The van der Waals surface area contributed by atoms with Crippen molar-refractivity contribution in [1.82, 2.24) is 0 Å². The van der Waals surface area contributed by atoms with Crippen LogP contribution in [0.25, 0.3) is 0 Å². The minimum absolute atomic E-state index is 0.0441. The lowest BCUT2D eigenvalue weighted by Gasteiger charge is -2.29. The second-order valence-corrected chi connectivity index (χ2v) is 9.58. The van der Waals surface area contributed by atoms with E-state index in [4.69, 9.17) is 9.47 Å². The van der Waals surface area contributed by atoms with Crippen molar-refractivity contribution in [2.45, 2.75) is 130 Å². The van der Waals surface area contributed by atoms with Crippen molar-refractivity contribution in [3.8, 4) is 0 Å². The van der Waals surface area contributed by atoms with E-state index in [1.807, 2.05) is 0 Å². The molecule has 1 aliphatic carbocycles. The van der Waals surface area contributed by atoms with Crippen molar-refractivity contribution in [3.05, 3.63) is 0 Å². The normalized spacial score (nSPS) is 19.7. The molecule has 0 N–H and O–H groups in total. The fourth-order valence-corrected chi connectivity index (χ4v) is 3.84. The molecule has 1 saturated carbocycles. The molecular formula is C25H46O4. The van der Waals surface area contributed by atoms with Gasteiger partial charge in [-0.25, -0.2) is 0 Å². The van der Waals surface area contributed by atoms with E-state index in [2.05, 4.69) is 13.8 Å². The molecule has 0 heterocycles. The fraction of sp³-hybridized carbons (Fsp3) is 0.920. The molecule has 0 radical (unpaired) electrons. The van der Waals surface area contributed by atoms with E-state index in [1.165, 1.54) is 57.8 Å². The van der Waals surface area contributed by atoms with E-state index in [0.717, 1.165) is 38.5 Å². The maximum absolute atomic E-state index is 12.5. The summed E-state index contributed by atoms with van der Waals surface area (Å²) in [6.45, 7) is 8.11. The van der Waals surface area contributed by atoms with Gasteiger partial charge in [0.05, 0.1) is 6.61 Å². The molecule has 0 aromatic carbocycles. The summed E-state index contributed by atoms with van der Waals surface area (Å²) in [6.07, 6.45) is 17.8. The maximum Gasteiger partial charge on any atom is 0.323 e. The summed E-state index contributed by atoms with van der Waals surface area (Å²) in [5.74, 6) is -0.200. The van der Waals surface area contributed by atoms with Crippen LogP contribution < -0.4 is 0 Å². The summed E-state index contributed by atoms with van der Waals surface area (Å²) in [5.41, 5.74) is -1.22. The highest BCUT2D eigenvalue weighted by atomic mass is 16.6. The molecule has 0 amide bonds. The molecule has 0 bridgehead atoms. The van der Waals surface area contributed by atoms with Crippen molar-refractivity contribution in [3.63, 3.8) is 0 Å². The van der Waals surface area contributed by atoms with Crippen molar-refractivity contribution in [2.24, 2.45) is 11.3 Å². The number of hydrogen-bond donors (Lipinski definition) is 0. The number of hydrogen-bond acceptors (Lipinski definition) is 4. The van der Waals surface area contributed by atoms with Gasteiger partial charge in [0.15, 0.2) is 5.41 Å². The zero-order valence-electron chi connectivity index (χ0n) is 19.6. The summed E-state index contributed by atoms with van der Waals surface area (Å²) < 4.78 is 11.0. The van der Waals surface area contributed by atoms with Gasteiger partial charge in [0.25, 0.3) is 0 Å². The second-order valence-electron chi connectivity index (χ2n) is 9.58. The average molecular weight is 411 g/mol. The van der Waals surface area contributed by atoms with Gasteiger partial charge in [-0.15, -0.1) is 0 Å². The van der Waals surface area contributed by atoms with Gasteiger partial charge < -0.3 is 9.47 Å². The Hall–Kier alpha value is -1.06. The first-order valence-corrected chi connectivity index (χ1v) is 12.3. The molecule has 1 aliphatic rings. The SMILES string of the molecule is CCCCCCCCCCCCCOC(=O)C(C)(C)C(=O)OC1CCC(C)CC1. The Bertz CT molecular complexity index is 450. The molecule has 170 valence electrons. The van der Waals surface area contributed by atoms with E-state index in [-0.39, 0.29) is 6.10 Å². The Morgan fingerprint density at radius 3 is 1.76 bits per heavy atom. The van der Waals surface area contributed by atoms with Gasteiger partial charge in [-0.1, -0.05) is 78.1 Å². The van der Waals surface area contributed by atoms with Crippen molar-refractivity contribution in [1.29, 1.82) is 0 Å². The number of rotatable bonds is 15. The van der Waals surface area contributed by atoms with Gasteiger partial charge in [0.1, 0.15) is 6.10 Å². The van der Waals surface area contributed by atoms with Crippen LogP contribution in [0.4, 0.5) is 0 Å². The Kier molecular flexibility index (Phi) is 13.3. The Morgan fingerprint density at radius 2 is 1.24 bits per heavy atom. The lowest BCUT2D eigenvalue weighted by molar-refractivity contribution is -0.174. The molecule has 0 atom stereocenters. The van der Waals surface area contributed by atoms with E-state index in [1.54, 1.807) is 13.8 Å². The smallest absolute Gasteiger partial charge is 0.323 e. The van der Waals surface area contributed by atoms with E-state index in [0.29, 0.717) is 12.5 Å². The average Bonchev–Trinajstić information content (AvgIpc) is 2.70. The van der Waals surface area contributed by atoms with Crippen LogP contribution in [-0.2, 0) is 19.1 Å². The molecule has 0 aliphatic heterocycles. The first-order valence-electron chi connectivity index (χ1n) is 12.3. The molecule has 1 rings (SSSR count). The van der Waals surface area contributed by atoms with Gasteiger partial charge >= 0.3 is 11.9 Å². The van der Waals surface area contributed by atoms with E-state index in [9.17, 15) is 9.59 Å². The quantitative estimate of drug-likeness (QED) is 0.166. The molecular weight excluding hydrogens is 364 g/mol.